The Morgan fingerprint density at radius 1 is 1.05 bits per heavy atom. The molecule has 20 heavy (non-hydrogen) atoms. The van der Waals surface area contributed by atoms with Crippen LogP contribution in [0.1, 0.15) is 46.6 Å². The molecule has 0 aliphatic carbocycles. The van der Waals surface area contributed by atoms with Crippen molar-refractivity contribution in [1.82, 2.24) is 5.32 Å². The summed E-state index contributed by atoms with van der Waals surface area (Å²) in [6, 6.07) is 6.65. The van der Waals surface area contributed by atoms with Gasteiger partial charge in [0, 0.05) is 12.6 Å². The van der Waals surface area contributed by atoms with E-state index < -0.39 is 0 Å². The fourth-order valence-corrected chi connectivity index (χ4v) is 2.26. The van der Waals surface area contributed by atoms with E-state index in [9.17, 15) is 0 Å². The second kappa shape index (κ2) is 8.15. The normalized spacial score (nSPS) is 12.8. The lowest BCUT2D eigenvalue weighted by Crippen LogP contribution is -2.26. The average molecular weight is 279 g/mol. The number of rotatable bonds is 8. The van der Waals surface area contributed by atoms with Crippen LogP contribution in [-0.2, 0) is 6.54 Å². The molecular formula is C17H29NO2. The van der Waals surface area contributed by atoms with Crippen LogP contribution in [0.2, 0.25) is 0 Å². The van der Waals surface area contributed by atoms with E-state index in [1.165, 1.54) is 12.0 Å². The second-order valence-electron chi connectivity index (χ2n) is 6.06. The first-order valence-electron chi connectivity index (χ1n) is 7.49. The number of methoxy groups -OCH3 is 1. The highest BCUT2D eigenvalue weighted by atomic mass is 16.5. The second-order valence-corrected chi connectivity index (χ2v) is 6.06. The monoisotopic (exact) mass is 279 g/mol. The molecule has 0 aliphatic rings. The SMILES string of the molecule is COc1cc(CNC(C)CC(C)C)ccc1OC(C)C. The van der Waals surface area contributed by atoms with E-state index in [2.05, 4.69) is 32.2 Å². The number of hydrogen-bond acceptors (Lipinski definition) is 3. The average Bonchev–Trinajstić information content (AvgIpc) is 2.36. The van der Waals surface area contributed by atoms with Crippen LogP contribution in [0, 0.1) is 5.92 Å². The molecule has 0 saturated heterocycles. The zero-order chi connectivity index (χ0) is 15.1. The van der Waals surface area contributed by atoms with Crippen molar-refractivity contribution in [2.24, 2.45) is 5.92 Å². The van der Waals surface area contributed by atoms with E-state index in [-0.39, 0.29) is 6.10 Å². The van der Waals surface area contributed by atoms with Crippen molar-refractivity contribution >= 4 is 0 Å². The molecule has 0 saturated carbocycles. The summed E-state index contributed by atoms with van der Waals surface area (Å²) in [5.41, 5.74) is 1.22. The van der Waals surface area contributed by atoms with Crippen LogP contribution in [0.15, 0.2) is 18.2 Å². The number of nitrogens with one attached hydrogen (secondary N) is 1. The smallest absolute Gasteiger partial charge is 0.161 e. The first-order valence-corrected chi connectivity index (χ1v) is 7.49. The molecular weight excluding hydrogens is 250 g/mol. The van der Waals surface area contributed by atoms with E-state index in [1.54, 1.807) is 7.11 Å². The first-order chi connectivity index (χ1) is 9.42. The molecule has 1 aromatic carbocycles. The lowest BCUT2D eigenvalue weighted by Gasteiger charge is -2.17. The van der Waals surface area contributed by atoms with E-state index in [1.807, 2.05) is 26.0 Å². The van der Waals surface area contributed by atoms with Gasteiger partial charge in [-0.25, -0.2) is 0 Å². The van der Waals surface area contributed by atoms with Gasteiger partial charge in [-0.1, -0.05) is 19.9 Å². The van der Waals surface area contributed by atoms with Gasteiger partial charge in [-0.2, -0.15) is 0 Å². The van der Waals surface area contributed by atoms with E-state index in [0.717, 1.165) is 18.0 Å². The standard InChI is InChI=1S/C17H29NO2/c1-12(2)9-14(5)18-11-15-7-8-16(20-13(3)4)17(10-15)19-6/h7-8,10,12-14,18H,9,11H2,1-6H3. The summed E-state index contributed by atoms with van der Waals surface area (Å²) in [6.07, 6.45) is 1.34. The molecule has 114 valence electrons. The van der Waals surface area contributed by atoms with Gasteiger partial charge in [0.2, 0.25) is 0 Å². The Labute approximate surface area is 123 Å². The Balaban J connectivity index is 2.63. The Morgan fingerprint density at radius 3 is 2.30 bits per heavy atom. The molecule has 1 aromatic rings. The van der Waals surface area contributed by atoms with Gasteiger partial charge < -0.3 is 14.8 Å². The Kier molecular flexibility index (Phi) is 6.86. The van der Waals surface area contributed by atoms with Gasteiger partial charge in [0.25, 0.3) is 0 Å². The Bertz CT molecular complexity index is 402. The third-order valence-corrected chi connectivity index (χ3v) is 3.07. The van der Waals surface area contributed by atoms with E-state index >= 15 is 0 Å². The predicted molar refractivity (Wildman–Crippen MR) is 84.5 cm³/mol. The minimum atomic E-state index is 0.152. The summed E-state index contributed by atoms with van der Waals surface area (Å²) >= 11 is 0. The first kappa shape index (κ1) is 16.8. The summed E-state index contributed by atoms with van der Waals surface area (Å²) in [6.45, 7) is 11.6. The van der Waals surface area contributed by atoms with Crippen molar-refractivity contribution in [2.45, 2.75) is 59.7 Å². The topological polar surface area (TPSA) is 30.5 Å². The number of hydrogen-bond donors (Lipinski definition) is 1. The summed E-state index contributed by atoms with van der Waals surface area (Å²) in [7, 11) is 1.68. The molecule has 1 atom stereocenters. The molecule has 0 spiro atoms. The molecule has 3 nitrogen and oxygen atoms in total. The third-order valence-electron chi connectivity index (χ3n) is 3.07. The molecule has 1 unspecified atom stereocenters. The highest BCUT2D eigenvalue weighted by molar-refractivity contribution is 5.43. The van der Waals surface area contributed by atoms with Crippen LogP contribution < -0.4 is 14.8 Å². The van der Waals surface area contributed by atoms with Gasteiger partial charge >= 0.3 is 0 Å². The zero-order valence-electron chi connectivity index (χ0n) is 13.7. The van der Waals surface area contributed by atoms with Gasteiger partial charge in [0.15, 0.2) is 11.5 Å². The quantitative estimate of drug-likeness (QED) is 0.780. The van der Waals surface area contributed by atoms with Gasteiger partial charge in [-0.3, -0.25) is 0 Å². The van der Waals surface area contributed by atoms with Crippen LogP contribution in [0.4, 0.5) is 0 Å². The maximum atomic E-state index is 5.72. The predicted octanol–water partition coefficient (Wildman–Crippen LogP) is 4.01. The highest BCUT2D eigenvalue weighted by Gasteiger charge is 2.09. The van der Waals surface area contributed by atoms with Gasteiger partial charge in [0.05, 0.1) is 13.2 Å². The van der Waals surface area contributed by atoms with Crippen LogP contribution in [0.25, 0.3) is 0 Å². The Morgan fingerprint density at radius 2 is 1.75 bits per heavy atom. The summed E-state index contributed by atoms with van der Waals surface area (Å²) in [5, 5.41) is 3.55. The number of ether oxygens (including phenoxy) is 2. The molecule has 3 heteroatoms. The lowest BCUT2D eigenvalue weighted by molar-refractivity contribution is 0.230. The lowest BCUT2D eigenvalue weighted by atomic mass is 10.0. The molecule has 0 aromatic heterocycles. The van der Waals surface area contributed by atoms with Gasteiger partial charge in [-0.05, 0) is 50.8 Å². The highest BCUT2D eigenvalue weighted by Crippen LogP contribution is 2.29. The van der Waals surface area contributed by atoms with Crippen LogP contribution in [0.5, 0.6) is 11.5 Å². The van der Waals surface area contributed by atoms with Crippen molar-refractivity contribution in [3.8, 4) is 11.5 Å². The largest absolute Gasteiger partial charge is 0.493 e. The molecule has 0 bridgehead atoms. The number of benzene rings is 1. The molecule has 1 N–H and O–H groups in total. The molecule has 0 aliphatic heterocycles. The minimum Gasteiger partial charge on any atom is -0.493 e. The van der Waals surface area contributed by atoms with Crippen molar-refractivity contribution in [2.75, 3.05) is 7.11 Å². The molecule has 1 rings (SSSR count). The van der Waals surface area contributed by atoms with Crippen LogP contribution >= 0.6 is 0 Å². The van der Waals surface area contributed by atoms with Crippen LogP contribution in [0.3, 0.4) is 0 Å². The van der Waals surface area contributed by atoms with E-state index in [0.29, 0.717) is 12.0 Å². The van der Waals surface area contributed by atoms with Crippen molar-refractivity contribution in [3.63, 3.8) is 0 Å². The molecule has 0 radical (unpaired) electrons. The fourth-order valence-electron chi connectivity index (χ4n) is 2.26. The minimum absolute atomic E-state index is 0.152. The van der Waals surface area contributed by atoms with Crippen molar-refractivity contribution in [3.05, 3.63) is 23.8 Å². The molecule has 0 amide bonds. The summed E-state index contributed by atoms with van der Waals surface area (Å²) in [4.78, 5) is 0. The van der Waals surface area contributed by atoms with Gasteiger partial charge in [0.1, 0.15) is 0 Å². The molecule has 0 heterocycles. The van der Waals surface area contributed by atoms with Crippen molar-refractivity contribution < 1.29 is 9.47 Å². The zero-order valence-corrected chi connectivity index (χ0v) is 13.7. The maximum absolute atomic E-state index is 5.72. The molecule has 0 fully saturated rings. The maximum Gasteiger partial charge on any atom is 0.161 e. The van der Waals surface area contributed by atoms with Crippen LogP contribution in [-0.4, -0.2) is 19.3 Å². The third kappa shape index (κ3) is 5.83. The van der Waals surface area contributed by atoms with Gasteiger partial charge in [-0.15, -0.1) is 0 Å². The van der Waals surface area contributed by atoms with Crippen molar-refractivity contribution in [1.29, 1.82) is 0 Å². The van der Waals surface area contributed by atoms with E-state index in [4.69, 9.17) is 9.47 Å². The fraction of sp³-hybridized carbons (Fsp3) is 0.647. The summed E-state index contributed by atoms with van der Waals surface area (Å²) < 4.78 is 11.1. The Hall–Kier alpha value is -1.22. The summed E-state index contributed by atoms with van der Waals surface area (Å²) in [5.74, 6) is 2.32.